The van der Waals surface area contributed by atoms with Crippen LogP contribution in [0.2, 0.25) is 0 Å². The van der Waals surface area contributed by atoms with Gasteiger partial charge in [0, 0.05) is 18.5 Å². The van der Waals surface area contributed by atoms with E-state index >= 15 is 0 Å². The van der Waals surface area contributed by atoms with Crippen molar-refractivity contribution in [2.75, 3.05) is 34.4 Å². The Morgan fingerprint density at radius 2 is 1.91 bits per heavy atom. The number of ether oxygens (including phenoxy) is 1. The maximum absolute atomic E-state index is 11.7. The highest BCUT2D eigenvalue weighted by Crippen LogP contribution is 2.16. The van der Waals surface area contributed by atoms with Crippen molar-refractivity contribution in [3.8, 4) is 0 Å². The molecule has 1 aromatic rings. The largest absolute Gasteiger partial charge is 1.00 e. The molecule has 2 rings (SSSR count). The Morgan fingerprint density at radius 3 is 2.41 bits per heavy atom. The van der Waals surface area contributed by atoms with Crippen molar-refractivity contribution in [3.05, 3.63) is 35.4 Å². The third-order valence-electron chi connectivity index (χ3n) is 3.71. The van der Waals surface area contributed by atoms with Crippen LogP contribution in [0, 0.1) is 0 Å². The first-order valence-electron chi connectivity index (χ1n) is 7.18. The standard InChI is InChI=1S/C16H23N2O3.BrH/c1-18(2,12-17-10-4-5-15(17)19)11-13-6-8-14(9-7-13)16(20)21-3;/h6-9H,4-5,10-12H2,1-3H3;1H/q+1;/p-1. The van der Waals surface area contributed by atoms with E-state index in [1.807, 2.05) is 17.0 Å². The lowest BCUT2D eigenvalue weighted by molar-refractivity contribution is -0.911. The number of carbonyl (C=O) groups excluding carboxylic acids is 2. The van der Waals surface area contributed by atoms with Crippen LogP contribution in [-0.4, -0.2) is 55.7 Å². The lowest BCUT2D eigenvalue weighted by Crippen LogP contribution is -3.00. The van der Waals surface area contributed by atoms with Crippen molar-refractivity contribution >= 4 is 11.9 Å². The summed E-state index contributed by atoms with van der Waals surface area (Å²) in [4.78, 5) is 25.1. The molecule has 0 N–H and O–H groups in total. The van der Waals surface area contributed by atoms with Gasteiger partial charge in [0.25, 0.3) is 0 Å². The molecule has 1 fully saturated rings. The second-order valence-electron chi connectivity index (χ2n) is 6.18. The van der Waals surface area contributed by atoms with Gasteiger partial charge in [0.05, 0.1) is 26.8 Å². The van der Waals surface area contributed by atoms with Crippen LogP contribution >= 0.6 is 0 Å². The number of nitrogens with zero attached hydrogens (tertiary/aromatic N) is 2. The van der Waals surface area contributed by atoms with E-state index in [0.29, 0.717) is 16.5 Å². The Kier molecular flexibility index (Phi) is 6.56. The molecule has 1 aromatic carbocycles. The molecule has 5 nitrogen and oxygen atoms in total. The summed E-state index contributed by atoms with van der Waals surface area (Å²) in [5.41, 5.74) is 1.69. The summed E-state index contributed by atoms with van der Waals surface area (Å²) in [5, 5.41) is 0. The van der Waals surface area contributed by atoms with Gasteiger partial charge in [0.15, 0.2) is 6.67 Å². The highest BCUT2D eigenvalue weighted by molar-refractivity contribution is 5.89. The summed E-state index contributed by atoms with van der Waals surface area (Å²) in [5.74, 6) is -0.0693. The van der Waals surface area contributed by atoms with Crippen molar-refractivity contribution in [1.82, 2.24) is 4.90 Å². The molecule has 0 unspecified atom stereocenters. The number of hydrogen-bond acceptors (Lipinski definition) is 3. The van der Waals surface area contributed by atoms with E-state index in [2.05, 4.69) is 14.1 Å². The number of amides is 1. The number of likely N-dealkylation sites (tertiary alicyclic amines) is 1. The first-order chi connectivity index (χ1) is 9.91. The van der Waals surface area contributed by atoms with Crippen molar-refractivity contribution in [1.29, 1.82) is 0 Å². The minimum absolute atomic E-state index is 0. The van der Waals surface area contributed by atoms with Crippen LogP contribution in [0.15, 0.2) is 24.3 Å². The van der Waals surface area contributed by atoms with Gasteiger partial charge in [0.2, 0.25) is 5.91 Å². The molecule has 22 heavy (non-hydrogen) atoms. The van der Waals surface area contributed by atoms with Gasteiger partial charge in [-0.3, -0.25) is 9.69 Å². The Hall–Kier alpha value is -1.40. The Bertz CT molecular complexity index is 529. The summed E-state index contributed by atoms with van der Waals surface area (Å²) in [7, 11) is 5.60. The van der Waals surface area contributed by atoms with Crippen LogP contribution in [0.3, 0.4) is 0 Å². The fourth-order valence-corrected chi connectivity index (χ4v) is 2.72. The van der Waals surface area contributed by atoms with E-state index in [9.17, 15) is 9.59 Å². The van der Waals surface area contributed by atoms with Crippen molar-refractivity contribution in [2.24, 2.45) is 0 Å². The second kappa shape index (κ2) is 7.74. The molecule has 0 bridgehead atoms. The Balaban J connectivity index is 0.00000242. The topological polar surface area (TPSA) is 46.6 Å². The smallest absolute Gasteiger partial charge is 0.337 e. The number of carbonyl (C=O) groups is 2. The molecule has 1 amide bonds. The average Bonchev–Trinajstić information content (AvgIpc) is 2.83. The molecule has 0 spiro atoms. The quantitative estimate of drug-likeness (QED) is 0.474. The van der Waals surface area contributed by atoms with Crippen LogP contribution in [0.1, 0.15) is 28.8 Å². The monoisotopic (exact) mass is 370 g/mol. The minimum atomic E-state index is -0.321. The first-order valence-corrected chi connectivity index (χ1v) is 7.18. The van der Waals surface area contributed by atoms with Gasteiger partial charge in [-0.05, 0) is 18.6 Å². The van der Waals surface area contributed by atoms with Gasteiger partial charge < -0.3 is 26.2 Å². The van der Waals surface area contributed by atoms with Crippen LogP contribution < -0.4 is 17.0 Å². The zero-order valence-corrected chi connectivity index (χ0v) is 14.9. The summed E-state index contributed by atoms with van der Waals surface area (Å²) < 4.78 is 5.40. The molecule has 6 heteroatoms. The SMILES string of the molecule is COC(=O)c1ccc(C[N+](C)(C)CN2CCCC2=O)cc1.[Br-]. The number of benzene rings is 1. The first kappa shape index (κ1) is 18.6. The molecule has 1 aliphatic heterocycles. The molecule has 0 aliphatic carbocycles. The fraction of sp³-hybridized carbons (Fsp3) is 0.500. The Labute approximate surface area is 142 Å². The summed E-state index contributed by atoms with van der Waals surface area (Å²) in [6, 6.07) is 7.44. The van der Waals surface area contributed by atoms with E-state index in [1.165, 1.54) is 7.11 Å². The van der Waals surface area contributed by atoms with Gasteiger partial charge in [-0.2, -0.15) is 0 Å². The molecule has 0 atom stereocenters. The van der Waals surface area contributed by atoms with Gasteiger partial charge in [-0.15, -0.1) is 0 Å². The zero-order chi connectivity index (χ0) is 15.5. The molecule has 0 aromatic heterocycles. The molecule has 0 radical (unpaired) electrons. The van der Waals surface area contributed by atoms with Crippen LogP contribution in [-0.2, 0) is 16.1 Å². The summed E-state index contributed by atoms with van der Waals surface area (Å²) in [6.45, 7) is 2.39. The third-order valence-corrected chi connectivity index (χ3v) is 3.71. The molecular weight excluding hydrogens is 348 g/mol. The van der Waals surface area contributed by atoms with E-state index < -0.39 is 0 Å². The average molecular weight is 371 g/mol. The van der Waals surface area contributed by atoms with Gasteiger partial charge in [0.1, 0.15) is 6.54 Å². The van der Waals surface area contributed by atoms with Crippen molar-refractivity contribution in [3.63, 3.8) is 0 Å². The maximum atomic E-state index is 11.7. The number of rotatable bonds is 5. The number of methoxy groups -OCH3 is 1. The van der Waals surface area contributed by atoms with E-state index in [-0.39, 0.29) is 28.9 Å². The fourth-order valence-electron chi connectivity index (χ4n) is 2.72. The molecule has 0 saturated carbocycles. The van der Waals surface area contributed by atoms with Gasteiger partial charge in [-0.1, -0.05) is 12.1 Å². The third kappa shape index (κ3) is 4.81. The molecule has 1 aliphatic rings. The van der Waals surface area contributed by atoms with Crippen LogP contribution in [0.25, 0.3) is 0 Å². The van der Waals surface area contributed by atoms with E-state index in [0.717, 1.165) is 31.7 Å². The van der Waals surface area contributed by atoms with Crippen LogP contribution in [0.4, 0.5) is 0 Å². The molecule has 1 saturated heterocycles. The second-order valence-corrected chi connectivity index (χ2v) is 6.18. The number of quaternary nitrogens is 1. The molecule has 1 heterocycles. The Morgan fingerprint density at radius 1 is 1.27 bits per heavy atom. The van der Waals surface area contributed by atoms with E-state index in [1.54, 1.807) is 12.1 Å². The predicted molar refractivity (Wildman–Crippen MR) is 79.4 cm³/mol. The summed E-state index contributed by atoms with van der Waals surface area (Å²) >= 11 is 0. The highest BCUT2D eigenvalue weighted by atomic mass is 79.9. The van der Waals surface area contributed by atoms with Gasteiger partial charge >= 0.3 is 5.97 Å². The van der Waals surface area contributed by atoms with Crippen LogP contribution in [0.5, 0.6) is 0 Å². The maximum Gasteiger partial charge on any atom is 0.337 e. The van der Waals surface area contributed by atoms with Gasteiger partial charge in [-0.25, -0.2) is 4.79 Å². The highest BCUT2D eigenvalue weighted by Gasteiger charge is 2.27. The lowest BCUT2D eigenvalue weighted by atomic mass is 10.1. The minimum Gasteiger partial charge on any atom is -1.00 e. The number of esters is 1. The zero-order valence-electron chi connectivity index (χ0n) is 13.3. The number of hydrogen-bond donors (Lipinski definition) is 0. The van der Waals surface area contributed by atoms with Crippen molar-refractivity contribution < 1.29 is 35.8 Å². The lowest BCUT2D eigenvalue weighted by Gasteiger charge is -2.33. The normalized spacial score (nSPS) is 14.7. The summed E-state index contributed by atoms with van der Waals surface area (Å²) in [6.07, 6.45) is 1.64. The van der Waals surface area contributed by atoms with E-state index in [4.69, 9.17) is 4.74 Å². The number of halogens is 1. The molecule has 122 valence electrons. The predicted octanol–water partition coefficient (Wildman–Crippen LogP) is -1.37. The van der Waals surface area contributed by atoms with Crippen molar-refractivity contribution in [2.45, 2.75) is 19.4 Å². The molecular formula is C16H23BrN2O3.